The molecule has 0 aliphatic heterocycles. The Bertz CT molecular complexity index is 519. The molecule has 4 nitrogen and oxygen atoms in total. The minimum absolute atomic E-state index is 0.200. The normalized spacial score (nSPS) is 10.2. The van der Waals surface area contributed by atoms with Crippen molar-refractivity contribution in [2.45, 2.75) is 6.61 Å². The summed E-state index contributed by atoms with van der Waals surface area (Å²) in [5.41, 5.74) is 6.95. The molecule has 17 heavy (non-hydrogen) atoms. The van der Waals surface area contributed by atoms with Crippen molar-refractivity contribution in [1.29, 1.82) is 0 Å². The topological polar surface area (TPSA) is 61.0 Å². The van der Waals surface area contributed by atoms with Crippen LogP contribution >= 0.6 is 27.5 Å². The van der Waals surface area contributed by atoms with Gasteiger partial charge in [-0.1, -0.05) is 39.7 Å². The molecule has 1 aromatic carbocycles. The highest BCUT2D eigenvalue weighted by Gasteiger charge is 2.07. The zero-order valence-corrected chi connectivity index (χ0v) is 11.1. The summed E-state index contributed by atoms with van der Waals surface area (Å²) in [5.74, 6) is 0.299. The number of anilines is 1. The van der Waals surface area contributed by atoms with E-state index in [-0.39, 0.29) is 10.8 Å². The Morgan fingerprint density at radius 2 is 1.94 bits per heavy atom. The lowest BCUT2D eigenvalue weighted by Crippen LogP contribution is -2.02. The smallest absolute Gasteiger partial charge is 0.242 e. The summed E-state index contributed by atoms with van der Waals surface area (Å²) in [6, 6.07) is 7.77. The number of aromatic nitrogens is 2. The van der Waals surface area contributed by atoms with Gasteiger partial charge in [0.2, 0.25) is 5.88 Å². The predicted molar refractivity (Wildman–Crippen MR) is 69.9 cm³/mol. The van der Waals surface area contributed by atoms with E-state index in [9.17, 15) is 0 Å². The lowest BCUT2D eigenvalue weighted by molar-refractivity contribution is 0.295. The molecule has 0 saturated carbocycles. The van der Waals surface area contributed by atoms with Crippen LogP contribution in [0.25, 0.3) is 0 Å². The van der Waals surface area contributed by atoms with Gasteiger partial charge in [-0.05, 0) is 17.7 Å². The molecule has 0 bridgehead atoms. The van der Waals surface area contributed by atoms with Gasteiger partial charge >= 0.3 is 0 Å². The molecule has 2 N–H and O–H groups in total. The monoisotopic (exact) mass is 313 g/mol. The quantitative estimate of drug-likeness (QED) is 0.885. The van der Waals surface area contributed by atoms with E-state index in [1.807, 2.05) is 24.3 Å². The number of hydrogen-bond donors (Lipinski definition) is 1. The van der Waals surface area contributed by atoms with Gasteiger partial charge in [0.15, 0.2) is 5.15 Å². The highest BCUT2D eigenvalue weighted by Crippen LogP contribution is 2.24. The summed E-state index contributed by atoms with van der Waals surface area (Å²) in [7, 11) is 0. The third-order valence-corrected chi connectivity index (χ3v) is 2.92. The third kappa shape index (κ3) is 3.08. The van der Waals surface area contributed by atoms with Crippen LogP contribution in [-0.2, 0) is 6.61 Å². The van der Waals surface area contributed by atoms with E-state index in [0.29, 0.717) is 12.5 Å². The van der Waals surface area contributed by atoms with Crippen LogP contribution in [0, 0.1) is 0 Å². The van der Waals surface area contributed by atoms with Crippen LogP contribution in [-0.4, -0.2) is 9.97 Å². The molecule has 0 aliphatic carbocycles. The predicted octanol–water partition coefficient (Wildman–Crippen LogP) is 3.05. The van der Waals surface area contributed by atoms with Crippen molar-refractivity contribution >= 4 is 33.2 Å². The Balaban J connectivity index is 2.07. The number of halogens is 2. The van der Waals surface area contributed by atoms with Crippen molar-refractivity contribution in [2.24, 2.45) is 0 Å². The highest BCUT2D eigenvalue weighted by atomic mass is 79.9. The van der Waals surface area contributed by atoms with Crippen LogP contribution in [0.3, 0.4) is 0 Å². The van der Waals surface area contributed by atoms with Gasteiger partial charge in [-0.2, -0.15) is 4.98 Å². The molecule has 0 amide bonds. The zero-order valence-electron chi connectivity index (χ0n) is 8.73. The molecule has 2 rings (SSSR count). The molecule has 0 saturated heterocycles. The van der Waals surface area contributed by atoms with Gasteiger partial charge in [-0.3, -0.25) is 0 Å². The number of ether oxygens (including phenoxy) is 1. The fraction of sp³-hybridized carbons (Fsp3) is 0.0909. The lowest BCUT2D eigenvalue weighted by Gasteiger charge is -2.07. The molecule has 1 aromatic heterocycles. The molecule has 88 valence electrons. The van der Waals surface area contributed by atoms with E-state index in [2.05, 4.69) is 25.9 Å². The van der Waals surface area contributed by atoms with E-state index in [1.165, 1.54) is 6.33 Å². The van der Waals surface area contributed by atoms with Gasteiger partial charge < -0.3 is 10.5 Å². The fourth-order valence-electron chi connectivity index (χ4n) is 1.21. The van der Waals surface area contributed by atoms with E-state index < -0.39 is 0 Å². The number of nitrogen functional groups attached to an aromatic ring is 1. The zero-order chi connectivity index (χ0) is 12.3. The summed E-state index contributed by atoms with van der Waals surface area (Å²) in [4.78, 5) is 7.67. The standard InChI is InChI=1S/C11H9BrClN3O/c12-8-3-1-7(2-4-8)5-17-11-9(14)10(13)15-6-16-11/h1-4,6H,5,14H2. The molecule has 0 radical (unpaired) electrons. The van der Waals surface area contributed by atoms with Crippen molar-refractivity contribution in [2.75, 3.05) is 5.73 Å². The highest BCUT2D eigenvalue weighted by molar-refractivity contribution is 9.10. The molecule has 0 aliphatic rings. The van der Waals surface area contributed by atoms with E-state index in [1.54, 1.807) is 0 Å². The minimum Gasteiger partial charge on any atom is -0.471 e. The molecular formula is C11H9BrClN3O. The molecule has 0 unspecified atom stereocenters. The lowest BCUT2D eigenvalue weighted by atomic mass is 10.2. The molecular weight excluding hydrogens is 305 g/mol. The van der Waals surface area contributed by atoms with E-state index in [4.69, 9.17) is 22.1 Å². The van der Waals surface area contributed by atoms with Gasteiger partial charge in [0.05, 0.1) is 0 Å². The van der Waals surface area contributed by atoms with Crippen LogP contribution in [0.1, 0.15) is 5.56 Å². The first-order valence-electron chi connectivity index (χ1n) is 4.80. The first-order valence-corrected chi connectivity index (χ1v) is 5.97. The Morgan fingerprint density at radius 3 is 2.65 bits per heavy atom. The number of nitrogens with zero attached hydrogens (tertiary/aromatic N) is 2. The van der Waals surface area contributed by atoms with Crippen molar-refractivity contribution in [3.63, 3.8) is 0 Å². The van der Waals surface area contributed by atoms with Gasteiger partial charge in [0.1, 0.15) is 18.6 Å². The number of rotatable bonds is 3. The first-order chi connectivity index (χ1) is 8.16. The molecule has 2 aromatic rings. The second-order valence-corrected chi connectivity index (χ2v) is 4.57. The molecule has 0 fully saturated rings. The van der Waals surface area contributed by atoms with Crippen LogP contribution in [0.5, 0.6) is 5.88 Å². The SMILES string of the molecule is Nc1c(Cl)ncnc1OCc1ccc(Br)cc1. The molecule has 6 heteroatoms. The average molecular weight is 315 g/mol. The van der Waals surface area contributed by atoms with Gasteiger partial charge in [0.25, 0.3) is 0 Å². The molecule has 0 atom stereocenters. The second-order valence-electron chi connectivity index (χ2n) is 3.30. The summed E-state index contributed by atoms with van der Waals surface area (Å²) in [6.45, 7) is 0.380. The maximum atomic E-state index is 5.75. The Labute approximate surface area is 112 Å². The molecule has 1 heterocycles. The van der Waals surface area contributed by atoms with Gasteiger partial charge in [-0.15, -0.1) is 0 Å². The summed E-state index contributed by atoms with van der Waals surface area (Å²) in [5, 5.41) is 0.200. The van der Waals surface area contributed by atoms with E-state index in [0.717, 1.165) is 10.0 Å². The van der Waals surface area contributed by atoms with Crippen LogP contribution in [0.4, 0.5) is 5.69 Å². The number of hydrogen-bond acceptors (Lipinski definition) is 4. The van der Waals surface area contributed by atoms with Crippen LogP contribution < -0.4 is 10.5 Å². The average Bonchev–Trinajstić information content (AvgIpc) is 2.33. The Morgan fingerprint density at radius 1 is 1.24 bits per heavy atom. The maximum Gasteiger partial charge on any atom is 0.242 e. The van der Waals surface area contributed by atoms with E-state index >= 15 is 0 Å². The summed E-state index contributed by atoms with van der Waals surface area (Å²) in [6.07, 6.45) is 1.32. The van der Waals surface area contributed by atoms with Gasteiger partial charge in [0, 0.05) is 4.47 Å². The summed E-state index contributed by atoms with van der Waals surface area (Å²) >= 11 is 9.12. The van der Waals surface area contributed by atoms with Crippen molar-refractivity contribution in [3.05, 3.63) is 45.8 Å². The molecule has 0 spiro atoms. The largest absolute Gasteiger partial charge is 0.471 e. The van der Waals surface area contributed by atoms with Crippen molar-refractivity contribution < 1.29 is 4.74 Å². The minimum atomic E-state index is 0.200. The Kier molecular flexibility index (Phi) is 3.81. The number of nitrogens with two attached hydrogens (primary N) is 1. The van der Waals surface area contributed by atoms with Gasteiger partial charge in [-0.25, -0.2) is 4.98 Å². The third-order valence-electron chi connectivity index (χ3n) is 2.09. The first kappa shape index (κ1) is 12.1. The van der Waals surface area contributed by atoms with Crippen LogP contribution in [0.15, 0.2) is 35.1 Å². The number of benzene rings is 1. The summed E-state index contributed by atoms with van der Waals surface area (Å²) < 4.78 is 6.49. The maximum absolute atomic E-state index is 5.75. The Hall–Kier alpha value is -1.33. The van der Waals surface area contributed by atoms with Crippen LogP contribution in [0.2, 0.25) is 5.15 Å². The van der Waals surface area contributed by atoms with Crippen molar-refractivity contribution in [3.8, 4) is 5.88 Å². The second kappa shape index (κ2) is 5.33. The van der Waals surface area contributed by atoms with Crippen molar-refractivity contribution in [1.82, 2.24) is 9.97 Å². The fourth-order valence-corrected chi connectivity index (χ4v) is 1.60.